The van der Waals surface area contributed by atoms with Gasteiger partial charge in [-0.3, -0.25) is 14.4 Å². The zero-order valence-electron chi connectivity index (χ0n) is 26.1. The van der Waals surface area contributed by atoms with Gasteiger partial charge in [-0.2, -0.15) is 0 Å². The normalized spacial score (nSPS) is 27.2. The topological polar surface area (TPSA) is 99.6 Å². The highest BCUT2D eigenvalue weighted by Crippen LogP contribution is 2.63. The number of benzene rings is 1. The van der Waals surface area contributed by atoms with Crippen LogP contribution in [0.4, 0.5) is 5.69 Å². The molecule has 3 heterocycles. The molecule has 3 aliphatic heterocycles. The first-order chi connectivity index (χ1) is 20.7. The second-order valence-corrected chi connectivity index (χ2v) is 12.1. The van der Waals surface area contributed by atoms with E-state index in [0.717, 1.165) is 19.3 Å². The van der Waals surface area contributed by atoms with Gasteiger partial charge in [0.2, 0.25) is 17.7 Å². The van der Waals surface area contributed by atoms with Crippen LogP contribution in [0.2, 0.25) is 0 Å². The number of nitrogens with zero attached hydrogens (tertiary/aromatic N) is 3. The van der Waals surface area contributed by atoms with Crippen molar-refractivity contribution in [2.24, 2.45) is 11.8 Å². The fourth-order valence-corrected chi connectivity index (χ4v) is 7.37. The molecule has 43 heavy (non-hydrogen) atoms. The first-order valence-electron chi connectivity index (χ1n) is 15.9. The molecule has 0 radical (unpaired) electrons. The van der Waals surface area contributed by atoms with Crippen LogP contribution >= 0.6 is 0 Å². The van der Waals surface area contributed by atoms with Crippen LogP contribution in [0.25, 0.3) is 0 Å². The lowest BCUT2D eigenvalue weighted by Crippen LogP contribution is -2.56. The number of hydrogen-bond donors (Lipinski definition) is 1. The minimum Gasteiger partial charge on any atom is -0.494 e. The van der Waals surface area contributed by atoms with Crippen molar-refractivity contribution >= 4 is 23.4 Å². The van der Waals surface area contributed by atoms with Crippen molar-refractivity contribution in [3.05, 3.63) is 49.6 Å². The quantitative estimate of drug-likeness (QED) is 0.212. The maximum absolute atomic E-state index is 14.5. The number of anilines is 1. The second-order valence-electron chi connectivity index (χ2n) is 12.1. The molecule has 2 bridgehead atoms. The van der Waals surface area contributed by atoms with Gasteiger partial charge in [0, 0.05) is 38.5 Å². The molecule has 9 nitrogen and oxygen atoms in total. The Balaban J connectivity index is 1.73. The number of likely N-dealkylation sites (tertiary alicyclic amines) is 1. The zero-order valence-corrected chi connectivity index (χ0v) is 26.1. The second kappa shape index (κ2) is 14.1. The number of aliphatic hydroxyl groups excluding tert-OH is 1. The van der Waals surface area contributed by atoms with Crippen molar-refractivity contribution in [3.8, 4) is 5.75 Å². The number of hydrogen-bond acceptors (Lipinski definition) is 6. The lowest BCUT2D eigenvalue weighted by atomic mass is 9.66. The highest BCUT2D eigenvalue weighted by Gasteiger charge is 2.78. The fraction of sp³-hybridized carbons (Fsp3) is 0.618. The minimum absolute atomic E-state index is 0.0791. The third-order valence-electron chi connectivity index (χ3n) is 9.31. The summed E-state index contributed by atoms with van der Waals surface area (Å²) in [6.45, 7) is 15.9. The van der Waals surface area contributed by atoms with Gasteiger partial charge in [0.1, 0.15) is 17.4 Å². The van der Waals surface area contributed by atoms with Crippen molar-refractivity contribution < 1.29 is 29.0 Å². The first kappa shape index (κ1) is 32.7. The Hall–Kier alpha value is -3.17. The van der Waals surface area contributed by atoms with Crippen molar-refractivity contribution in [1.82, 2.24) is 9.80 Å². The molecule has 9 heteroatoms. The van der Waals surface area contributed by atoms with E-state index in [-0.39, 0.29) is 30.9 Å². The van der Waals surface area contributed by atoms with Crippen molar-refractivity contribution in [1.29, 1.82) is 0 Å². The van der Waals surface area contributed by atoms with Crippen molar-refractivity contribution in [2.45, 2.75) is 83.0 Å². The molecule has 1 aromatic carbocycles. The van der Waals surface area contributed by atoms with Crippen LogP contribution in [0.5, 0.6) is 5.75 Å². The summed E-state index contributed by atoms with van der Waals surface area (Å²) in [5, 5.41) is 9.31. The van der Waals surface area contributed by atoms with E-state index in [0.29, 0.717) is 63.4 Å². The standard InChI is InChI=1S/C34H49N3O6/c1-6-10-22-35(20-7-2)32(41)29-34-19-18-33(5,43-34)27(28(34)31(40)37(29)23-12-11-13-24-38)30(39)36(21-8-3)25-14-16-26(17-15-25)42-9-4/h7-8,14-17,27-29,38H,2-3,6,9-13,18-24H2,1,4-5H3/t27-,28-,29?,33+,34?/m0/s1. The summed E-state index contributed by atoms with van der Waals surface area (Å²) in [7, 11) is 0. The Kier molecular flexibility index (Phi) is 10.7. The highest BCUT2D eigenvalue weighted by atomic mass is 16.5. The molecule has 3 saturated heterocycles. The monoisotopic (exact) mass is 595 g/mol. The molecule has 5 atom stereocenters. The number of carbonyl (C=O) groups is 3. The van der Waals surface area contributed by atoms with E-state index in [1.165, 1.54) is 0 Å². The molecule has 236 valence electrons. The van der Waals surface area contributed by atoms with E-state index >= 15 is 0 Å². The van der Waals surface area contributed by atoms with Crippen molar-refractivity contribution in [3.63, 3.8) is 0 Å². The Morgan fingerprint density at radius 3 is 2.42 bits per heavy atom. The molecule has 0 aliphatic carbocycles. The molecule has 1 spiro atoms. The largest absolute Gasteiger partial charge is 0.494 e. The Morgan fingerprint density at radius 1 is 1.07 bits per heavy atom. The predicted octanol–water partition coefficient (Wildman–Crippen LogP) is 4.35. The number of aliphatic hydroxyl groups is 1. The van der Waals surface area contributed by atoms with Crippen LogP contribution < -0.4 is 9.64 Å². The molecule has 1 N–H and O–H groups in total. The van der Waals surface area contributed by atoms with Crippen LogP contribution in [0, 0.1) is 11.8 Å². The maximum atomic E-state index is 14.5. The third-order valence-corrected chi connectivity index (χ3v) is 9.31. The first-order valence-corrected chi connectivity index (χ1v) is 15.9. The third kappa shape index (κ3) is 6.11. The molecule has 1 aromatic rings. The summed E-state index contributed by atoms with van der Waals surface area (Å²) in [4.78, 5) is 48.5. The van der Waals surface area contributed by atoms with Crippen LogP contribution in [0.1, 0.15) is 65.7 Å². The number of amides is 3. The summed E-state index contributed by atoms with van der Waals surface area (Å²) in [5.74, 6) is -1.34. The highest BCUT2D eigenvalue weighted by molar-refractivity contribution is 6.03. The molecule has 3 fully saturated rings. The Morgan fingerprint density at radius 2 is 1.79 bits per heavy atom. The van der Waals surface area contributed by atoms with E-state index in [2.05, 4.69) is 20.1 Å². The molecule has 0 saturated carbocycles. The average Bonchev–Trinajstić information content (AvgIpc) is 3.56. The summed E-state index contributed by atoms with van der Waals surface area (Å²) < 4.78 is 12.4. The molecular formula is C34H49N3O6. The van der Waals surface area contributed by atoms with E-state index in [9.17, 15) is 19.5 Å². The lowest BCUT2D eigenvalue weighted by molar-refractivity contribution is -0.151. The van der Waals surface area contributed by atoms with E-state index in [4.69, 9.17) is 9.47 Å². The van der Waals surface area contributed by atoms with Gasteiger partial charge in [0.15, 0.2) is 0 Å². The van der Waals surface area contributed by atoms with E-state index in [1.807, 2.05) is 38.1 Å². The van der Waals surface area contributed by atoms with E-state index in [1.54, 1.807) is 26.9 Å². The van der Waals surface area contributed by atoms with Crippen LogP contribution in [-0.4, -0.2) is 89.3 Å². The molecule has 0 aromatic heterocycles. The van der Waals surface area contributed by atoms with Gasteiger partial charge in [-0.25, -0.2) is 0 Å². The van der Waals surface area contributed by atoms with Gasteiger partial charge in [-0.15, -0.1) is 13.2 Å². The van der Waals surface area contributed by atoms with Gasteiger partial charge in [-0.1, -0.05) is 25.5 Å². The zero-order chi connectivity index (χ0) is 31.2. The summed E-state index contributed by atoms with van der Waals surface area (Å²) >= 11 is 0. The van der Waals surface area contributed by atoms with Crippen LogP contribution in [0.3, 0.4) is 0 Å². The number of ether oxygens (including phenoxy) is 2. The molecule has 3 amide bonds. The van der Waals surface area contributed by atoms with Crippen LogP contribution in [0.15, 0.2) is 49.6 Å². The van der Waals surface area contributed by atoms with Gasteiger partial charge in [0.25, 0.3) is 0 Å². The fourth-order valence-electron chi connectivity index (χ4n) is 7.37. The lowest BCUT2D eigenvalue weighted by Gasteiger charge is -2.37. The summed E-state index contributed by atoms with van der Waals surface area (Å²) in [6.07, 6.45) is 8.29. The maximum Gasteiger partial charge on any atom is 0.248 e. The van der Waals surface area contributed by atoms with Gasteiger partial charge in [-0.05, 0) is 76.6 Å². The van der Waals surface area contributed by atoms with Gasteiger partial charge in [0.05, 0.1) is 24.0 Å². The Labute approximate surface area is 256 Å². The number of fused-ring (bicyclic) bond motifs is 1. The minimum atomic E-state index is -1.08. The predicted molar refractivity (Wildman–Crippen MR) is 167 cm³/mol. The van der Waals surface area contributed by atoms with Crippen molar-refractivity contribution in [2.75, 3.05) is 44.3 Å². The van der Waals surface area contributed by atoms with Gasteiger partial charge < -0.3 is 29.3 Å². The number of unbranched alkanes of at least 4 members (excludes halogenated alkanes) is 3. The molecule has 2 unspecified atom stereocenters. The molecular weight excluding hydrogens is 546 g/mol. The SMILES string of the molecule is C=CCN(CCCC)C(=O)C1N(CCCCCO)C(=O)[C@@H]2[C@@H](C(=O)N(CC=C)c3ccc(OCC)cc3)[C@@]3(C)CCC12O3. The number of rotatable bonds is 17. The smallest absolute Gasteiger partial charge is 0.248 e. The van der Waals surface area contributed by atoms with E-state index < -0.39 is 29.1 Å². The summed E-state index contributed by atoms with van der Waals surface area (Å²) in [6, 6.07) is 6.53. The number of carbonyl (C=O) groups excluding carboxylic acids is 3. The molecule has 3 aliphatic rings. The van der Waals surface area contributed by atoms with Crippen LogP contribution in [-0.2, 0) is 19.1 Å². The average molecular weight is 596 g/mol. The molecule has 4 rings (SSSR count). The van der Waals surface area contributed by atoms with Gasteiger partial charge >= 0.3 is 0 Å². The Bertz CT molecular complexity index is 1170. The summed E-state index contributed by atoms with van der Waals surface area (Å²) in [5.41, 5.74) is -1.27.